The number of fused-ring (bicyclic) bond motifs is 1. The third-order valence-electron chi connectivity index (χ3n) is 6.01. The van der Waals surface area contributed by atoms with Crippen LogP contribution >= 0.6 is 0 Å². The summed E-state index contributed by atoms with van der Waals surface area (Å²) < 4.78 is 16.6. The maximum atomic E-state index is 14.3. The number of benzene rings is 3. The average molecular weight is 413 g/mol. The van der Waals surface area contributed by atoms with Crippen molar-refractivity contribution in [2.75, 3.05) is 11.4 Å². The van der Waals surface area contributed by atoms with Crippen LogP contribution < -0.4 is 4.90 Å². The Balaban J connectivity index is 1.42. The van der Waals surface area contributed by atoms with Gasteiger partial charge in [0.2, 0.25) is 5.91 Å². The molecule has 1 amide bonds. The first-order chi connectivity index (χ1) is 15.2. The number of hydrogen-bond donors (Lipinski definition) is 0. The zero-order chi connectivity index (χ0) is 21.2. The highest BCUT2D eigenvalue weighted by atomic mass is 19.1. The van der Waals surface area contributed by atoms with Gasteiger partial charge in [-0.15, -0.1) is 0 Å². The van der Waals surface area contributed by atoms with Crippen molar-refractivity contribution < 1.29 is 9.18 Å². The Kier molecular flexibility index (Phi) is 5.24. The summed E-state index contributed by atoms with van der Waals surface area (Å²) in [6.45, 7) is 1.27. The van der Waals surface area contributed by atoms with Crippen molar-refractivity contribution in [2.45, 2.75) is 31.7 Å². The molecule has 1 saturated heterocycles. The van der Waals surface area contributed by atoms with Gasteiger partial charge in [0, 0.05) is 25.4 Å². The van der Waals surface area contributed by atoms with Crippen LogP contribution in [0.25, 0.3) is 11.0 Å². The molecule has 0 radical (unpaired) electrons. The van der Waals surface area contributed by atoms with Gasteiger partial charge in [0.25, 0.3) is 0 Å². The first-order valence-electron chi connectivity index (χ1n) is 10.7. The zero-order valence-corrected chi connectivity index (χ0v) is 17.2. The molecule has 5 rings (SSSR count). The van der Waals surface area contributed by atoms with Gasteiger partial charge in [-0.3, -0.25) is 4.79 Å². The summed E-state index contributed by atoms with van der Waals surface area (Å²) in [5.74, 6) is 0.434. The molecular weight excluding hydrogens is 389 g/mol. The van der Waals surface area contributed by atoms with Crippen LogP contribution in [0.2, 0.25) is 0 Å². The number of amides is 1. The number of halogens is 1. The first kappa shape index (κ1) is 19.5. The van der Waals surface area contributed by atoms with E-state index in [1.54, 1.807) is 23.1 Å². The van der Waals surface area contributed by atoms with Gasteiger partial charge in [-0.05, 0) is 42.7 Å². The number of aromatic nitrogens is 2. The van der Waals surface area contributed by atoms with Crippen molar-refractivity contribution in [1.82, 2.24) is 9.55 Å². The smallest absolute Gasteiger partial charge is 0.227 e. The highest BCUT2D eigenvalue weighted by Gasteiger charge is 2.35. The van der Waals surface area contributed by atoms with Gasteiger partial charge in [-0.2, -0.15) is 0 Å². The maximum absolute atomic E-state index is 14.3. The molecule has 1 aliphatic rings. The quantitative estimate of drug-likeness (QED) is 0.429. The van der Waals surface area contributed by atoms with E-state index in [9.17, 15) is 9.18 Å². The Morgan fingerprint density at radius 3 is 2.52 bits per heavy atom. The molecule has 0 unspecified atom stereocenters. The predicted octanol–water partition coefficient (Wildman–Crippen LogP) is 5.33. The van der Waals surface area contributed by atoms with Crippen LogP contribution in [0.15, 0.2) is 78.9 Å². The van der Waals surface area contributed by atoms with Gasteiger partial charge in [0.05, 0.1) is 16.7 Å². The second-order valence-corrected chi connectivity index (χ2v) is 8.06. The number of carbonyl (C=O) groups excluding carboxylic acids is 1. The Hall–Kier alpha value is -3.47. The molecule has 1 atom stereocenters. The van der Waals surface area contributed by atoms with Gasteiger partial charge < -0.3 is 9.47 Å². The SMILES string of the molecule is O=C1C[C@H](c2nc3ccccc3n2CCCc2ccccc2)CN1c1ccccc1F. The maximum Gasteiger partial charge on any atom is 0.227 e. The lowest BCUT2D eigenvalue weighted by molar-refractivity contribution is -0.117. The van der Waals surface area contributed by atoms with E-state index in [1.165, 1.54) is 11.6 Å². The highest BCUT2D eigenvalue weighted by Crippen LogP contribution is 2.34. The van der Waals surface area contributed by atoms with E-state index in [4.69, 9.17) is 4.98 Å². The van der Waals surface area contributed by atoms with Crippen molar-refractivity contribution in [3.63, 3.8) is 0 Å². The second-order valence-electron chi connectivity index (χ2n) is 8.06. The van der Waals surface area contributed by atoms with E-state index in [0.717, 1.165) is 36.2 Å². The molecule has 0 bridgehead atoms. The predicted molar refractivity (Wildman–Crippen MR) is 121 cm³/mol. The van der Waals surface area contributed by atoms with E-state index in [1.807, 2.05) is 24.3 Å². The molecule has 2 heterocycles. The summed E-state index contributed by atoms with van der Waals surface area (Å²) in [6, 6.07) is 25.0. The lowest BCUT2D eigenvalue weighted by Gasteiger charge is -2.18. The largest absolute Gasteiger partial charge is 0.328 e. The van der Waals surface area contributed by atoms with Crippen molar-refractivity contribution in [3.8, 4) is 0 Å². The number of carbonyl (C=O) groups is 1. The fourth-order valence-electron chi connectivity index (χ4n) is 4.51. The Morgan fingerprint density at radius 1 is 0.935 bits per heavy atom. The van der Waals surface area contributed by atoms with E-state index in [0.29, 0.717) is 18.7 Å². The monoisotopic (exact) mass is 413 g/mol. The molecular formula is C26H24FN3O. The van der Waals surface area contributed by atoms with Crippen LogP contribution in [0.5, 0.6) is 0 Å². The number of anilines is 1. The van der Waals surface area contributed by atoms with Crippen LogP contribution in [-0.2, 0) is 17.8 Å². The Labute approximate surface area is 181 Å². The number of imidazole rings is 1. The zero-order valence-electron chi connectivity index (χ0n) is 17.2. The topological polar surface area (TPSA) is 38.1 Å². The number of aryl methyl sites for hydroxylation is 2. The number of para-hydroxylation sites is 3. The third-order valence-corrected chi connectivity index (χ3v) is 6.01. The van der Waals surface area contributed by atoms with Crippen molar-refractivity contribution in [2.24, 2.45) is 0 Å². The number of nitrogens with zero attached hydrogens (tertiary/aromatic N) is 3. The summed E-state index contributed by atoms with van der Waals surface area (Å²) in [4.78, 5) is 19.2. The summed E-state index contributed by atoms with van der Waals surface area (Å²) in [7, 11) is 0. The minimum atomic E-state index is -0.368. The molecule has 3 aromatic carbocycles. The van der Waals surface area contributed by atoms with E-state index >= 15 is 0 Å². The molecule has 1 aromatic heterocycles. The number of hydrogen-bond acceptors (Lipinski definition) is 2. The summed E-state index contributed by atoms with van der Waals surface area (Å²) >= 11 is 0. The standard InChI is InChI=1S/C26H24FN3O/c27-21-12-4-6-14-23(21)30-18-20(17-25(30)31)26-28-22-13-5-7-15-24(22)29(26)16-8-11-19-9-2-1-3-10-19/h1-7,9-10,12-15,20H,8,11,16-18H2/t20-/m0/s1. The van der Waals surface area contributed by atoms with Crippen LogP contribution in [0, 0.1) is 5.82 Å². The van der Waals surface area contributed by atoms with Crippen LogP contribution in [0.4, 0.5) is 10.1 Å². The lowest BCUT2D eigenvalue weighted by Crippen LogP contribution is -2.25. The van der Waals surface area contributed by atoms with Crippen molar-refractivity contribution >= 4 is 22.6 Å². The average Bonchev–Trinajstić information content (AvgIpc) is 3.35. The fourth-order valence-corrected chi connectivity index (χ4v) is 4.51. The van der Waals surface area contributed by atoms with Crippen LogP contribution in [0.3, 0.4) is 0 Å². The van der Waals surface area contributed by atoms with Crippen LogP contribution in [0.1, 0.15) is 30.1 Å². The summed E-state index contributed by atoms with van der Waals surface area (Å²) in [5.41, 5.74) is 3.69. The van der Waals surface area contributed by atoms with Gasteiger partial charge in [0.1, 0.15) is 11.6 Å². The summed E-state index contributed by atoms with van der Waals surface area (Å²) in [6.07, 6.45) is 2.31. The molecule has 5 heteroatoms. The molecule has 0 N–H and O–H groups in total. The van der Waals surface area contributed by atoms with Gasteiger partial charge in [0.15, 0.2) is 0 Å². The van der Waals surface area contributed by atoms with E-state index in [-0.39, 0.29) is 17.6 Å². The first-order valence-corrected chi connectivity index (χ1v) is 10.7. The summed E-state index contributed by atoms with van der Waals surface area (Å²) in [5, 5.41) is 0. The molecule has 0 spiro atoms. The van der Waals surface area contributed by atoms with E-state index < -0.39 is 0 Å². The molecule has 31 heavy (non-hydrogen) atoms. The normalized spacial score (nSPS) is 16.4. The van der Waals surface area contributed by atoms with Gasteiger partial charge >= 0.3 is 0 Å². The third kappa shape index (κ3) is 3.83. The highest BCUT2D eigenvalue weighted by molar-refractivity contribution is 5.96. The van der Waals surface area contributed by atoms with Crippen molar-refractivity contribution in [1.29, 1.82) is 0 Å². The molecule has 1 aliphatic heterocycles. The second kappa shape index (κ2) is 8.34. The molecule has 1 fully saturated rings. The molecule has 156 valence electrons. The van der Waals surface area contributed by atoms with Gasteiger partial charge in [-0.25, -0.2) is 9.37 Å². The molecule has 0 aliphatic carbocycles. The fraction of sp³-hybridized carbons (Fsp3) is 0.231. The minimum Gasteiger partial charge on any atom is -0.328 e. The van der Waals surface area contributed by atoms with Gasteiger partial charge in [-0.1, -0.05) is 54.6 Å². The molecule has 4 nitrogen and oxygen atoms in total. The molecule has 0 saturated carbocycles. The number of rotatable bonds is 6. The van der Waals surface area contributed by atoms with Crippen molar-refractivity contribution in [3.05, 3.63) is 96.1 Å². The van der Waals surface area contributed by atoms with Crippen LogP contribution in [-0.4, -0.2) is 22.0 Å². The lowest BCUT2D eigenvalue weighted by atomic mass is 10.1. The Morgan fingerprint density at radius 2 is 1.68 bits per heavy atom. The van der Waals surface area contributed by atoms with E-state index in [2.05, 4.69) is 34.9 Å². The Bertz CT molecular complexity index is 1220. The minimum absolute atomic E-state index is 0.0574. The molecule has 4 aromatic rings.